The van der Waals surface area contributed by atoms with Crippen LogP contribution in [0.5, 0.6) is 11.5 Å². The molecule has 0 saturated heterocycles. The summed E-state index contributed by atoms with van der Waals surface area (Å²) < 4.78 is 11.6. The molecule has 0 aliphatic heterocycles. The number of nitrogens with one attached hydrogen (secondary N) is 1. The van der Waals surface area contributed by atoms with Crippen molar-refractivity contribution in [2.45, 2.75) is 52.6 Å². The van der Waals surface area contributed by atoms with Gasteiger partial charge in [0, 0.05) is 6.54 Å². The van der Waals surface area contributed by atoms with E-state index in [1.54, 1.807) is 0 Å². The maximum atomic E-state index is 12.4. The summed E-state index contributed by atoms with van der Waals surface area (Å²) in [6.07, 6.45) is 2.89. The molecule has 0 heterocycles. The first-order chi connectivity index (χ1) is 13.1. The van der Waals surface area contributed by atoms with Crippen LogP contribution >= 0.6 is 0 Å². The minimum Gasteiger partial charge on any atom is -0.493 e. The van der Waals surface area contributed by atoms with Gasteiger partial charge >= 0.3 is 0 Å². The zero-order valence-electron chi connectivity index (χ0n) is 16.7. The minimum atomic E-state index is -0.466. The number of amides is 1. The first-order valence-electron chi connectivity index (χ1n) is 9.85. The highest BCUT2D eigenvalue weighted by molar-refractivity contribution is 5.81. The molecular weight excluding hydrogens is 338 g/mol. The molecule has 0 aromatic heterocycles. The van der Waals surface area contributed by atoms with Gasteiger partial charge in [-0.1, -0.05) is 44.2 Å². The lowest BCUT2D eigenvalue weighted by atomic mass is 10.1. The fourth-order valence-corrected chi connectivity index (χ4v) is 2.84. The Hall–Kier alpha value is -2.49. The van der Waals surface area contributed by atoms with Crippen molar-refractivity contribution in [3.63, 3.8) is 0 Å². The van der Waals surface area contributed by atoms with E-state index < -0.39 is 6.10 Å². The Morgan fingerprint density at radius 1 is 1.11 bits per heavy atom. The number of para-hydroxylation sites is 1. The molecule has 4 nitrogen and oxygen atoms in total. The number of hydrogen-bond donors (Lipinski definition) is 1. The SMILES string of the molecule is CCCOc1ccccc1CCCNC(=O)C(CC)Oc1cccc(C)c1. The van der Waals surface area contributed by atoms with Crippen LogP contribution in [0.1, 0.15) is 44.2 Å². The molecule has 27 heavy (non-hydrogen) atoms. The van der Waals surface area contributed by atoms with Gasteiger partial charge < -0.3 is 14.8 Å². The van der Waals surface area contributed by atoms with Crippen LogP contribution in [0.25, 0.3) is 0 Å². The van der Waals surface area contributed by atoms with Gasteiger partial charge in [0.1, 0.15) is 11.5 Å². The van der Waals surface area contributed by atoms with Crippen LogP contribution in [0.4, 0.5) is 0 Å². The van der Waals surface area contributed by atoms with Crippen molar-refractivity contribution in [2.24, 2.45) is 0 Å². The van der Waals surface area contributed by atoms with E-state index in [4.69, 9.17) is 9.47 Å². The van der Waals surface area contributed by atoms with Crippen molar-refractivity contribution >= 4 is 5.91 Å². The second-order valence-corrected chi connectivity index (χ2v) is 6.68. The van der Waals surface area contributed by atoms with Crippen LogP contribution in [0, 0.1) is 6.92 Å². The Kier molecular flexibility index (Phi) is 8.69. The average molecular weight is 370 g/mol. The molecule has 2 aromatic rings. The smallest absolute Gasteiger partial charge is 0.261 e. The molecule has 1 atom stereocenters. The third-order valence-corrected chi connectivity index (χ3v) is 4.29. The standard InChI is InChI=1S/C23H31NO3/c1-4-16-26-22-14-7-6-11-19(22)12-9-15-24-23(25)21(5-2)27-20-13-8-10-18(3)17-20/h6-8,10-11,13-14,17,21H,4-5,9,12,15-16H2,1-3H3,(H,24,25). The number of ether oxygens (including phenoxy) is 2. The number of carbonyl (C=O) groups excluding carboxylic acids is 1. The predicted molar refractivity (Wildman–Crippen MR) is 109 cm³/mol. The zero-order valence-corrected chi connectivity index (χ0v) is 16.7. The monoisotopic (exact) mass is 369 g/mol. The summed E-state index contributed by atoms with van der Waals surface area (Å²) in [5.41, 5.74) is 2.30. The van der Waals surface area contributed by atoms with Crippen molar-refractivity contribution in [2.75, 3.05) is 13.2 Å². The Morgan fingerprint density at radius 2 is 1.93 bits per heavy atom. The van der Waals surface area contributed by atoms with Gasteiger partial charge in [0.25, 0.3) is 5.91 Å². The summed E-state index contributed by atoms with van der Waals surface area (Å²) in [5, 5.41) is 3.00. The van der Waals surface area contributed by atoms with E-state index in [-0.39, 0.29) is 5.91 Å². The van der Waals surface area contributed by atoms with E-state index >= 15 is 0 Å². The first kappa shape index (κ1) is 20.8. The molecule has 0 radical (unpaired) electrons. The lowest BCUT2D eigenvalue weighted by molar-refractivity contribution is -0.128. The van der Waals surface area contributed by atoms with Gasteiger partial charge in [-0.15, -0.1) is 0 Å². The molecule has 2 rings (SSSR count). The van der Waals surface area contributed by atoms with Crippen LogP contribution in [-0.2, 0) is 11.2 Å². The van der Waals surface area contributed by atoms with Crippen molar-refractivity contribution in [3.05, 3.63) is 59.7 Å². The number of carbonyl (C=O) groups is 1. The van der Waals surface area contributed by atoms with Crippen molar-refractivity contribution < 1.29 is 14.3 Å². The van der Waals surface area contributed by atoms with Gasteiger partial charge in [-0.05, 0) is 61.9 Å². The molecule has 0 aliphatic carbocycles. The van der Waals surface area contributed by atoms with E-state index in [0.717, 1.165) is 42.9 Å². The molecule has 1 unspecified atom stereocenters. The van der Waals surface area contributed by atoms with Gasteiger partial charge in [0.05, 0.1) is 6.61 Å². The normalized spacial score (nSPS) is 11.7. The quantitative estimate of drug-likeness (QED) is 0.585. The topological polar surface area (TPSA) is 47.6 Å². The van der Waals surface area contributed by atoms with Crippen LogP contribution in [0.2, 0.25) is 0 Å². The summed E-state index contributed by atoms with van der Waals surface area (Å²) in [4.78, 5) is 12.4. The molecule has 0 spiro atoms. The van der Waals surface area contributed by atoms with Gasteiger partial charge in [-0.25, -0.2) is 0 Å². The Balaban J connectivity index is 1.79. The van der Waals surface area contributed by atoms with Crippen molar-refractivity contribution in [3.8, 4) is 11.5 Å². The highest BCUT2D eigenvalue weighted by Gasteiger charge is 2.17. The number of rotatable bonds is 11. The zero-order chi connectivity index (χ0) is 19.5. The molecular formula is C23H31NO3. The van der Waals surface area contributed by atoms with Crippen LogP contribution in [-0.4, -0.2) is 25.2 Å². The second-order valence-electron chi connectivity index (χ2n) is 6.68. The highest BCUT2D eigenvalue weighted by atomic mass is 16.5. The number of benzene rings is 2. The summed E-state index contributed by atoms with van der Waals surface area (Å²) in [6, 6.07) is 15.9. The molecule has 0 saturated carbocycles. The molecule has 1 amide bonds. The lowest BCUT2D eigenvalue weighted by Gasteiger charge is -2.17. The van der Waals surface area contributed by atoms with E-state index in [2.05, 4.69) is 18.3 Å². The van der Waals surface area contributed by atoms with Crippen molar-refractivity contribution in [1.82, 2.24) is 5.32 Å². The summed E-state index contributed by atoms with van der Waals surface area (Å²) in [6.45, 7) is 7.41. The maximum Gasteiger partial charge on any atom is 0.261 e. The van der Waals surface area contributed by atoms with Gasteiger partial charge in [0.2, 0.25) is 0 Å². The molecule has 2 aromatic carbocycles. The number of hydrogen-bond acceptors (Lipinski definition) is 3. The second kappa shape index (κ2) is 11.3. The van der Waals surface area contributed by atoms with E-state index in [1.807, 2.05) is 56.3 Å². The Labute approximate surface area is 162 Å². The highest BCUT2D eigenvalue weighted by Crippen LogP contribution is 2.20. The largest absolute Gasteiger partial charge is 0.493 e. The van der Waals surface area contributed by atoms with Gasteiger partial charge in [-0.2, -0.15) is 0 Å². The van der Waals surface area contributed by atoms with Crippen LogP contribution in [0.15, 0.2) is 48.5 Å². The van der Waals surface area contributed by atoms with Gasteiger partial charge in [0.15, 0.2) is 6.10 Å². The minimum absolute atomic E-state index is 0.0606. The third-order valence-electron chi connectivity index (χ3n) is 4.29. The van der Waals surface area contributed by atoms with E-state index in [9.17, 15) is 4.79 Å². The fraction of sp³-hybridized carbons (Fsp3) is 0.435. The fourth-order valence-electron chi connectivity index (χ4n) is 2.84. The average Bonchev–Trinajstić information content (AvgIpc) is 2.68. The molecule has 146 valence electrons. The van der Waals surface area contributed by atoms with E-state index in [0.29, 0.717) is 13.0 Å². The summed E-state index contributed by atoms with van der Waals surface area (Å²) in [7, 11) is 0. The van der Waals surface area contributed by atoms with Crippen LogP contribution in [0.3, 0.4) is 0 Å². The predicted octanol–water partition coefficient (Wildman–Crippen LogP) is 4.69. The Bertz CT molecular complexity index is 714. The molecule has 0 bridgehead atoms. The molecule has 1 N–H and O–H groups in total. The molecule has 4 heteroatoms. The third kappa shape index (κ3) is 6.97. The molecule has 0 aliphatic rings. The van der Waals surface area contributed by atoms with Crippen molar-refractivity contribution in [1.29, 1.82) is 0 Å². The first-order valence-corrected chi connectivity index (χ1v) is 9.85. The molecule has 0 fully saturated rings. The van der Waals surface area contributed by atoms with E-state index in [1.165, 1.54) is 5.56 Å². The van der Waals surface area contributed by atoms with Gasteiger partial charge in [-0.3, -0.25) is 4.79 Å². The summed E-state index contributed by atoms with van der Waals surface area (Å²) in [5.74, 6) is 1.62. The lowest BCUT2D eigenvalue weighted by Crippen LogP contribution is -2.38. The van der Waals surface area contributed by atoms with Crippen LogP contribution < -0.4 is 14.8 Å². The maximum absolute atomic E-state index is 12.4. The Morgan fingerprint density at radius 3 is 2.67 bits per heavy atom. The number of aryl methyl sites for hydroxylation is 2. The summed E-state index contributed by atoms with van der Waals surface area (Å²) >= 11 is 0.